The summed E-state index contributed by atoms with van der Waals surface area (Å²) >= 11 is 0. The van der Waals surface area contributed by atoms with E-state index in [1.807, 2.05) is 6.92 Å². The quantitative estimate of drug-likeness (QED) is 0.774. The molecule has 116 valence electrons. The molecular formula is C16H18N2O4. The van der Waals surface area contributed by atoms with E-state index in [-0.39, 0.29) is 5.91 Å². The summed E-state index contributed by atoms with van der Waals surface area (Å²) in [6, 6.07) is 6.34. The smallest absolute Gasteiger partial charge is 0.322 e. The van der Waals surface area contributed by atoms with Crippen molar-refractivity contribution in [3.05, 3.63) is 41.0 Å². The van der Waals surface area contributed by atoms with Crippen LogP contribution in [0.1, 0.15) is 36.5 Å². The van der Waals surface area contributed by atoms with Gasteiger partial charge in [-0.05, 0) is 50.5 Å². The van der Waals surface area contributed by atoms with Crippen LogP contribution >= 0.6 is 0 Å². The van der Waals surface area contributed by atoms with Crippen molar-refractivity contribution in [2.45, 2.75) is 26.2 Å². The number of benzene rings is 1. The molecule has 2 amide bonds. The van der Waals surface area contributed by atoms with Crippen molar-refractivity contribution in [2.24, 2.45) is 0 Å². The maximum atomic E-state index is 12.1. The van der Waals surface area contributed by atoms with Gasteiger partial charge in [-0.2, -0.15) is 0 Å². The minimum atomic E-state index is -1.10. The van der Waals surface area contributed by atoms with Crippen molar-refractivity contribution in [1.82, 2.24) is 5.32 Å². The molecule has 0 saturated heterocycles. The lowest BCUT2D eigenvalue weighted by Gasteiger charge is -2.08. The van der Waals surface area contributed by atoms with Gasteiger partial charge in [0.2, 0.25) is 0 Å². The Kier molecular flexibility index (Phi) is 4.93. The Balaban J connectivity index is 1.97. The van der Waals surface area contributed by atoms with E-state index < -0.39 is 18.4 Å². The van der Waals surface area contributed by atoms with E-state index in [2.05, 4.69) is 10.6 Å². The SMILES string of the molecule is CC1=C(C(=O)Nc2ccc(C(=O)NCC(=O)O)cc2)CCC1. The molecule has 0 spiro atoms. The second kappa shape index (κ2) is 6.89. The standard InChI is InChI=1S/C16H18N2O4/c1-10-3-2-4-13(10)16(22)18-12-7-5-11(6-8-12)15(21)17-9-14(19)20/h5-8H,2-4,9H2,1H3,(H,17,21)(H,18,22)(H,19,20). The number of hydrogen-bond donors (Lipinski definition) is 3. The van der Waals surface area contributed by atoms with Crippen LogP contribution in [0, 0.1) is 0 Å². The molecule has 0 unspecified atom stereocenters. The van der Waals surface area contributed by atoms with Gasteiger partial charge in [0.25, 0.3) is 11.8 Å². The molecule has 3 N–H and O–H groups in total. The fraction of sp³-hybridized carbons (Fsp3) is 0.312. The Morgan fingerprint density at radius 3 is 2.32 bits per heavy atom. The third-order valence-electron chi connectivity index (χ3n) is 3.57. The summed E-state index contributed by atoms with van der Waals surface area (Å²) in [6.45, 7) is 1.54. The van der Waals surface area contributed by atoms with E-state index in [9.17, 15) is 14.4 Å². The molecule has 6 heteroatoms. The molecule has 0 saturated carbocycles. The molecule has 1 aromatic rings. The van der Waals surface area contributed by atoms with Crippen LogP contribution in [0.15, 0.2) is 35.4 Å². The molecule has 0 bridgehead atoms. The largest absolute Gasteiger partial charge is 0.480 e. The molecule has 1 aliphatic carbocycles. The summed E-state index contributed by atoms with van der Waals surface area (Å²) < 4.78 is 0. The zero-order valence-electron chi connectivity index (χ0n) is 12.3. The van der Waals surface area contributed by atoms with E-state index in [0.717, 1.165) is 30.4 Å². The number of nitrogens with one attached hydrogen (secondary N) is 2. The van der Waals surface area contributed by atoms with E-state index in [1.165, 1.54) is 0 Å². The number of amides is 2. The normalized spacial score (nSPS) is 13.9. The summed E-state index contributed by atoms with van der Waals surface area (Å²) in [4.78, 5) is 34.2. The topological polar surface area (TPSA) is 95.5 Å². The molecule has 0 aromatic heterocycles. The molecule has 1 aromatic carbocycles. The van der Waals surface area contributed by atoms with Gasteiger partial charge in [0.1, 0.15) is 6.54 Å². The van der Waals surface area contributed by atoms with Gasteiger partial charge in [0.05, 0.1) is 0 Å². The van der Waals surface area contributed by atoms with Crippen LogP contribution in [0.25, 0.3) is 0 Å². The van der Waals surface area contributed by atoms with Crippen LogP contribution in [0.5, 0.6) is 0 Å². The zero-order valence-corrected chi connectivity index (χ0v) is 12.3. The Labute approximate surface area is 128 Å². The van der Waals surface area contributed by atoms with Crippen LogP contribution in [-0.4, -0.2) is 29.4 Å². The van der Waals surface area contributed by atoms with E-state index in [0.29, 0.717) is 11.3 Å². The van der Waals surface area contributed by atoms with Crippen molar-refractivity contribution in [3.8, 4) is 0 Å². The van der Waals surface area contributed by atoms with Gasteiger partial charge in [-0.25, -0.2) is 0 Å². The van der Waals surface area contributed by atoms with Gasteiger partial charge in [-0.3, -0.25) is 14.4 Å². The molecular weight excluding hydrogens is 284 g/mol. The summed E-state index contributed by atoms with van der Waals surface area (Å²) in [7, 11) is 0. The van der Waals surface area contributed by atoms with Crippen molar-refractivity contribution in [2.75, 3.05) is 11.9 Å². The number of anilines is 1. The lowest BCUT2D eigenvalue weighted by atomic mass is 10.1. The summed E-state index contributed by atoms with van der Waals surface area (Å²) in [5, 5.41) is 13.6. The van der Waals surface area contributed by atoms with Crippen molar-refractivity contribution >= 4 is 23.5 Å². The minimum Gasteiger partial charge on any atom is -0.480 e. The maximum Gasteiger partial charge on any atom is 0.322 e. The highest BCUT2D eigenvalue weighted by molar-refractivity contribution is 6.05. The van der Waals surface area contributed by atoms with Gasteiger partial charge in [-0.1, -0.05) is 5.57 Å². The molecule has 1 aliphatic rings. The molecule has 0 heterocycles. The number of carboxylic acids is 1. The van der Waals surface area contributed by atoms with Crippen LogP contribution in [0.2, 0.25) is 0 Å². The number of hydrogen-bond acceptors (Lipinski definition) is 3. The van der Waals surface area contributed by atoms with Gasteiger partial charge in [0, 0.05) is 16.8 Å². The first-order chi connectivity index (χ1) is 10.5. The predicted molar refractivity (Wildman–Crippen MR) is 81.6 cm³/mol. The summed E-state index contributed by atoms with van der Waals surface area (Å²) in [6.07, 6.45) is 2.77. The van der Waals surface area contributed by atoms with Gasteiger partial charge in [-0.15, -0.1) is 0 Å². The lowest BCUT2D eigenvalue weighted by Crippen LogP contribution is -2.29. The Bertz CT molecular complexity index is 632. The third kappa shape index (κ3) is 3.94. The molecule has 6 nitrogen and oxygen atoms in total. The average Bonchev–Trinajstić information content (AvgIpc) is 2.91. The van der Waals surface area contributed by atoms with E-state index in [4.69, 9.17) is 5.11 Å². The molecule has 0 atom stereocenters. The van der Waals surface area contributed by atoms with E-state index >= 15 is 0 Å². The second-order valence-electron chi connectivity index (χ2n) is 5.22. The van der Waals surface area contributed by atoms with Crippen LogP contribution in [-0.2, 0) is 9.59 Å². The van der Waals surface area contributed by atoms with Gasteiger partial charge < -0.3 is 15.7 Å². The minimum absolute atomic E-state index is 0.0990. The zero-order chi connectivity index (χ0) is 16.1. The lowest BCUT2D eigenvalue weighted by molar-refractivity contribution is -0.135. The Morgan fingerprint density at radius 2 is 1.77 bits per heavy atom. The van der Waals surface area contributed by atoms with Crippen molar-refractivity contribution in [1.29, 1.82) is 0 Å². The first-order valence-corrected chi connectivity index (χ1v) is 7.07. The van der Waals surface area contributed by atoms with Crippen molar-refractivity contribution < 1.29 is 19.5 Å². The Morgan fingerprint density at radius 1 is 1.09 bits per heavy atom. The Hall–Kier alpha value is -2.63. The fourth-order valence-electron chi connectivity index (χ4n) is 2.37. The number of carbonyl (C=O) groups is 3. The number of rotatable bonds is 5. The maximum absolute atomic E-state index is 12.1. The number of carboxylic acid groups (broad SMARTS) is 1. The molecule has 2 rings (SSSR count). The average molecular weight is 302 g/mol. The molecule has 0 radical (unpaired) electrons. The molecule has 22 heavy (non-hydrogen) atoms. The summed E-state index contributed by atoms with van der Waals surface area (Å²) in [5.41, 5.74) is 2.91. The molecule has 0 fully saturated rings. The highest BCUT2D eigenvalue weighted by Crippen LogP contribution is 2.26. The number of carbonyl (C=O) groups excluding carboxylic acids is 2. The second-order valence-corrected chi connectivity index (χ2v) is 5.22. The number of aliphatic carboxylic acids is 1. The first-order valence-electron chi connectivity index (χ1n) is 7.07. The summed E-state index contributed by atoms with van der Waals surface area (Å²) in [5.74, 6) is -1.66. The van der Waals surface area contributed by atoms with E-state index in [1.54, 1.807) is 24.3 Å². The highest BCUT2D eigenvalue weighted by Gasteiger charge is 2.18. The third-order valence-corrected chi connectivity index (χ3v) is 3.57. The van der Waals surface area contributed by atoms with Crippen LogP contribution in [0.3, 0.4) is 0 Å². The number of allylic oxidation sites excluding steroid dienone is 1. The van der Waals surface area contributed by atoms with Crippen molar-refractivity contribution in [3.63, 3.8) is 0 Å². The highest BCUT2D eigenvalue weighted by atomic mass is 16.4. The van der Waals surface area contributed by atoms with Crippen LogP contribution < -0.4 is 10.6 Å². The monoisotopic (exact) mass is 302 g/mol. The fourth-order valence-corrected chi connectivity index (χ4v) is 2.37. The van der Waals surface area contributed by atoms with Gasteiger partial charge in [0.15, 0.2) is 0 Å². The van der Waals surface area contributed by atoms with Gasteiger partial charge >= 0.3 is 5.97 Å². The molecule has 0 aliphatic heterocycles. The van der Waals surface area contributed by atoms with Crippen LogP contribution in [0.4, 0.5) is 5.69 Å². The predicted octanol–water partition coefficient (Wildman–Crippen LogP) is 1.94. The first kappa shape index (κ1) is 15.8.